The minimum absolute atomic E-state index is 0.524. The van der Waals surface area contributed by atoms with Gasteiger partial charge in [-0.05, 0) is 36.8 Å². The number of nitrogens with one attached hydrogen (secondary N) is 1. The Balaban J connectivity index is 2.05. The van der Waals surface area contributed by atoms with E-state index in [1.54, 1.807) is 0 Å². The molecule has 2 nitrogen and oxygen atoms in total. The number of hydrogen-bond acceptors (Lipinski definition) is 2. The fraction of sp³-hybridized carbons (Fsp3) is 0.500. The molecular weight excluding hydrogens is 172 g/mol. The van der Waals surface area contributed by atoms with Gasteiger partial charge in [-0.3, -0.25) is 0 Å². The Morgan fingerprint density at radius 1 is 1.43 bits per heavy atom. The van der Waals surface area contributed by atoms with Gasteiger partial charge < -0.3 is 11.1 Å². The molecule has 0 aliphatic heterocycles. The van der Waals surface area contributed by atoms with Crippen LogP contribution in [-0.2, 0) is 0 Å². The van der Waals surface area contributed by atoms with Crippen molar-refractivity contribution in [1.82, 2.24) is 0 Å². The van der Waals surface area contributed by atoms with Gasteiger partial charge >= 0.3 is 0 Å². The molecule has 76 valence electrons. The summed E-state index contributed by atoms with van der Waals surface area (Å²) >= 11 is 0. The lowest BCUT2D eigenvalue weighted by molar-refractivity contribution is 0.611. The van der Waals surface area contributed by atoms with Crippen LogP contribution in [0.3, 0.4) is 0 Å². The van der Waals surface area contributed by atoms with Gasteiger partial charge in [-0.1, -0.05) is 19.1 Å². The lowest BCUT2D eigenvalue weighted by Gasteiger charge is -2.14. The number of hydrogen-bond donors (Lipinski definition) is 2. The van der Waals surface area contributed by atoms with Crippen molar-refractivity contribution in [2.24, 2.45) is 5.41 Å². The van der Waals surface area contributed by atoms with Crippen molar-refractivity contribution in [2.45, 2.75) is 26.7 Å². The van der Waals surface area contributed by atoms with E-state index in [9.17, 15) is 0 Å². The highest BCUT2D eigenvalue weighted by Crippen LogP contribution is 2.45. The lowest BCUT2D eigenvalue weighted by Crippen LogP contribution is -2.13. The lowest BCUT2D eigenvalue weighted by atomic mass is 10.1. The second-order valence-corrected chi connectivity index (χ2v) is 4.70. The van der Waals surface area contributed by atoms with Crippen LogP contribution in [0.2, 0.25) is 0 Å². The zero-order valence-corrected chi connectivity index (χ0v) is 8.93. The van der Waals surface area contributed by atoms with Crippen LogP contribution in [0.25, 0.3) is 0 Å². The van der Waals surface area contributed by atoms with E-state index < -0.39 is 0 Å². The minimum Gasteiger partial charge on any atom is -0.397 e. The summed E-state index contributed by atoms with van der Waals surface area (Å²) in [7, 11) is 0. The topological polar surface area (TPSA) is 38.0 Å². The fourth-order valence-electron chi connectivity index (χ4n) is 1.53. The van der Waals surface area contributed by atoms with Gasteiger partial charge in [-0.15, -0.1) is 0 Å². The molecule has 0 unspecified atom stereocenters. The van der Waals surface area contributed by atoms with Gasteiger partial charge in [-0.2, -0.15) is 0 Å². The monoisotopic (exact) mass is 190 g/mol. The summed E-state index contributed by atoms with van der Waals surface area (Å²) in [5, 5.41) is 3.43. The van der Waals surface area contributed by atoms with E-state index in [1.807, 2.05) is 25.1 Å². The summed E-state index contributed by atoms with van der Waals surface area (Å²) in [6.45, 7) is 5.39. The summed E-state index contributed by atoms with van der Waals surface area (Å²) in [6, 6.07) is 6.14. The quantitative estimate of drug-likeness (QED) is 0.719. The van der Waals surface area contributed by atoms with Gasteiger partial charge in [0.25, 0.3) is 0 Å². The number of para-hydroxylation sites is 1. The maximum atomic E-state index is 5.97. The molecule has 0 bridgehead atoms. The third-order valence-electron chi connectivity index (χ3n) is 3.13. The van der Waals surface area contributed by atoms with Crippen molar-refractivity contribution in [3.63, 3.8) is 0 Å². The van der Waals surface area contributed by atoms with Crippen LogP contribution in [0.5, 0.6) is 0 Å². The van der Waals surface area contributed by atoms with E-state index in [-0.39, 0.29) is 0 Å². The van der Waals surface area contributed by atoms with Crippen LogP contribution in [0.1, 0.15) is 25.3 Å². The standard InChI is InChI=1S/C12H18N2/c1-9-4-3-5-10(11(9)13)14-8-12(2)6-7-12/h3-5,14H,6-8,13H2,1-2H3. The summed E-state index contributed by atoms with van der Waals surface area (Å²) in [5.41, 5.74) is 9.61. The highest BCUT2D eigenvalue weighted by Gasteiger charge is 2.36. The summed E-state index contributed by atoms with van der Waals surface area (Å²) in [6.07, 6.45) is 2.68. The highest BCUT2D eigenvalue weighted by molar-refractivity contribution is 5.69. The normalized spacial score (nSPS) is 17.9. The first-order chi connectivity index (χ1) is 6.61. The molecule has 3 N–H and O–H groups in total. The van der Waals surface area contributed by atoms with Crippen LogP contribution < -0.4 is 11.1 Å². The largest absolute Gasteiger partial charge is 0.397 e. The number of rotatable bonds is 3. The van der Waals surface area contributed by atoms with E-state index >= 15 is 0 Å². The predicted molar refractivity (Wildman–Crippen MR) is 61.4 cm³/mol. The molecule has 0 amide bonds. The summed E-state index contributed by atoms with van der Waals surface area (Å²) in [4.78, 5) is 0. The molecule has 0 aromatic heterocycles. The molecule has 0 atom stereocenters. The summed E-state index contributed by atoms with van der Waals surface area (Å²) < 4.78 is 0. The van der Waals surface area contributed by atoms with E-state index in [0.717, 1.165) is 23.5 Å². The van der Waals surface area contributed by atoms with Gasteiger partial charge in [0.05, 0.1) is 11.4 Å². The maximum Gasteiger partial charge on any atom is 0.0579 e. The number of aryl methyl sites for hydroxylation is 1. The molecule has 0 spiro atoms. The van der Waals surface area contributed by atoms with Crippen molar-refractivity contribution in [3.05, 3.63) is 23.8 Å². The molecular formula is C12H18N2. The number of nitrogen functional groups attached to an aromatic ring is 1. The second-order valence-electron chi connectivity index (χ2n) is 4.70. The van der Waals surface area contributed by atoms with Crippen molar-refractivity contribution in [3.8, 4) is 0 Å². The maximum absolute atomic E-state index is 5.97. The van der Waals surface area contributed by atoms with E-state index in [1.165, 1.54) is 12.8 Å². The van der Waals surface area contributed by atoms with Crippen molar-refractivity contribution >= 4 is 11.4 Å². The molecule has 1 aliphatic carbocycles. The Morgan fingerprint density at radius 3 is 2.79 bits per heavy atom. The highest BCUT2D eigenvalue weighted by atomic mass is 14.9. The Morgan fingerprint density at radius 2 is 2.14 bits per heavy atom. The third-order valence-corrected chi connectivity index (χ3v) is 3.13. The Kier molecular flexibility index (Phi) is 2.14. The van der Waals surface area contributed by atoms with Gasteiger partial charge in [-0.25, -0.2) is 0 Å². The van der Waals surface area contributed by atoms with Gasteiger partial charge in [0.15, 0.2) is 0 Å². The second kappa shape index (κ2) is 3.19. The first kappa shape index (κ1) is 9.38. The number of benzene rings is 1. The van der Waals surface area contributed by atoms with Crippen molar-refractivity contribution < 1.29 is 0 Å². The van der Waals surface area contributed by atoms with E-state index in [2.05, 4.69) is 12.2 Å². The fourth-order valence-corrected chi connectivity index (χ4v) is 1.53. The average Bonchev–Trinajstić information content (AvgIpc) is 2.88. The molecule has 1 fully saturated rings. The summed E-state index contributed by atoms with van der Waals surface area (Å²) in [5.74, 6) is 0. The van der Waals surface area contributed by atoms with Crippen molar-refractivity contribution in [1.29, 1.82) is 0 Å². The molecule has 1 aromatic carbocycles. The minimum atomic E-state index is 0.524. The van der Waals surface area contributed by atoms with Crippen LogP contribution in [0, 0.1) is 12.3 Å². The van der Waals surface area contributed by atoms with Gasteiger partial charge in [0, 0.05) is 6.54 Å². The van der Waals surface area contributed by atoms with Crippen LogP contribution >= 0.6 is 0 Å². The molecule has 14 heavy (non-hydrogen) atoms. The Bertz CT molecular complexity index is 340. The molecule has 0 radical (unpaired) electrons. The first-order valence-corrected chi connectivity index (χ1v) is 5.20. The van der Waals surface area contributed by atoms with Crippen LogP contribution in [-0.4, -0.2) is 6.54 Å². The van der Waals surface area contributed by atoms with Crippen LogP contribution in [0.4, 0.5) is 11.4 Å². The smallest absolute Gasteiger partial charge is 0.0579 e. The Labute approximate surface area is 85.5 Å². The molecule has 2 rings (SSSR count). The van der Waals surface area contributed by atoms with Crippen molar-refractivity contribution in [2.75, 3.05) is 17.6 Å². The number of anilines is 2. The molecule has 1 aliphatic rings. The van der Waals surface area contributed by atoms with Gasteiger partial charge in [0.1, 0.15) is 0 Å². The molecule has 1 saturated carbocycles. The Hall–Kier alpha value is -1.18. The molecule has 2 heteroatoms. The van der Waals surface area contributed by atoms with E-state index in [4.69, 9.17) is 5.73 Å². The third kappa shape index (κ3) is 1.84. The molecule has 1 aromatic rings. The van der Waals surface area contributed by atoms with Crippen LogP contribution in [0.15, 0.2) is 18.2 Å². The molecule has 0 heterocycles. The average molecular weight is 190 g/mol. The van der Waals surface area contributed by atoms with Gasteiger partial charge in [0.2, 0.25) is 0 Å². The zero-order chi connectivity index (χ0) is 10.2. The SMILES string of the molecule is Cc1cccc(NCC2(C)CC2)c1N. The first-order valence-electron chi connectivity index (χ1n) is 5.20. The van der Waals surface area contributed by atoms with E-state index in [0.29, 0.717) is 5.41 Å². The predicted octanol–water partition coefficient (Wildman–Crippen LogP) is 2.79. The molecule has 0 saturated heterocycles. The zero-order valence-electron chi connectivity index (χ0n) is 8.93. The number of nitrogens with two attached hydrogens (primary N) is 1.